The molecule has 0 atom stereocenters. The molecule has 0 unspecified atom stereocenters. The molecule has 2 aromatic rings. The van der Waals surface area contributed by atoms with Gasteiger partial charge in [0, 0.05) is 5.02 Å². The van der Waals surface area contributed by atoms with Gasteiger partial charge >= 0.3 is 6.01 Å². The Hall–Kier alpha value is -2.01. The van der Waals surface area contributed by atoms with Gasteiger partial charge in [0.05, 0.1) is 12.4 Å². The molecule has 0 saturated heterocycles. The Labute approximate surface area is 109 Å². The molecule has 2 rings (SSSR count). The number of benzene rings is 1. The van der Waals surface area contributed by atoms with Gasteiger partial charge in [-0.2, -0.15) is 0 Å². The van der Waals surface area contributed by atoms with Crippen LogP contribution in [0.25, 0.3) is 0 Å². The highest BCUT2D eigenvalue weighted by molar-refractivity contribution is 6.32. The largest absolute Gasteiger partial charge is 0.424 e. The molecule has 0 amide bonds. The molecule has 0 aliphatic heterocycles. The molecule has 1 aromatic carbocycles. The van der Waals surface area contributed by atoms with Gasteiger partial charge in [-0.25, -0.2) is 9.97 Å². The highest BCUT2D eigenvalue weighted by Gasteiger charge is 2.06. The average molecular weight is 264 g/mol. The van der Waals surface area contributed by atoms with Crippen LogP contribution in [0.4, 0.5) is 5.69 Å². The summed E-state index contributed by atoms with van der Waals surface area (Å²) in [5.41, 5.74) is 1.99. The van der Waals surface area contributed by atoms with E-state index in [1.807, 2.05) is 13.8 Å². The Bertz CT molecular complexity index is 561. The second kappa shape index (κ2) is 5.10. The van der Waals surface area contributed by atoms with Crippen LogP contribution in [0.15, 0.2) is 29.7 Å². The summed E-state index contributed by atoms with van der Waals surface area (Å²) in [4.78, 5) is 18.0. The van der Waals surface area contributed by atoms with Crippen LogP contribution in [0.5, 0.6) is 11.8 Å². The predicted molar refractivity (Wildman–Crippen MR) is 68.5 cm³/mol. The molecule has 6 heteroatoms. The first-order valence-corrected chi connectivity index (χ1v) is 5.58. The molecule has 0 fully saturated rings. The summed E-state index contributed by atoms with van der Waals surface area (Å²) in [6.07, 6.45) is 2.59. The Balaban J connectivity index is 2.25. The number of aryl methyl sites for hydroxylation is 2. The van der Waals surface area contributed by atoms with Crippen LogP contribution in [-0.4, -0.2) is 9.97 Å². The molecule has 0 aliphatic carbocycles. The number of hydrogen-bond donors (Lipinski definition) is 0. The molecule has 92 valence electrons. The van der Waals surface area contributed by atoms with Gasteiger partial charge in [-0.1, -0.05) is 11.6 Å². The summed E-state index contributed by atoms with van der Waals surface area (Å²) in [7, 11) is 0. The van der Waals surface area contributed by atoms with Crippen molar-refractivity contribution in [2.75, 3.05) is 0 Å². The van der Waals surface area contributed by atoms with Crippen molar-refractivity contribution in [3.05, 3.63) is 45.6 Å². The maximum Gasteiger partial charge on any atom is 0.322 e. The third kappa shape index (κ3) is 2.62. The number of nitroso groups, excluding NO2 is 1. The number of hydrogen-bond acceptors (Lipinski definition) is 5. The van der Waals surface area contributed by atoms with Crippen molar-refractivity contribution in [3.8, 4) is 11.8 Å². The molecular formula is C12H10ClN3O2. The van der Waals surface area contributed by atoms with E-state index in [4.69, 9.17) is 16.3 Å². The van der Waals surface area contributed by atoms with E-state index in [0.29, 0.717) is 10.8 Å². The maximum absolute atomic E-state index is 10.2. The molecule has 1 heterocycles. The highest BCUT2D eigenvalue weighted by Crippen LogP contribution is 2.28. The van der Waals surface area contributed by atoms with Crippen molar-refractivity contribution in [3.63, 3.8) is 0 Å². The molecule has 0 radical (unpaired) electrons. The number of rotatable bonds is 3. The third-order valence-corrected chi connectivity index (χ3v) is 2.94. The Morgan fingerprint density at radius 3 is 2.22 bits per heavy atom. The third-order valence-electron chi connectivity index (χ3n) is 2.34. The van der Waals surface area contributed by atoms with E-state index in [1.54, 1.807) is 12.1 Å². The quantitative estimate of drug-likeness (QED) is 0.787. The van der Waals surface area contributed by atoms with Crippen molar-refractivity contribution in [2.24, 2.45) is 5.18 Å². The van der Waals surface area contributed by atoms with Gasteiger partial charge in [-0.3, -0.25) is 0 Å². The first-order valence-electron chi connectivity index (χ1n) is 5.20. The molecule has 0 aliphatic rings. The normalized spacial score (nSPS) is 10.2. The Kier molecular flexibility index (Phi) is 3.53. The number of nitrogens with zero attached hydrogens (tertiary/aromatic N) is 3. The van der Waals surface area contributed by atoms with Crippen LogP contribution in [0.2, 0.25) is 5.02 Å². The topological polar surface area (TPSA) is 64.4 Å². The van der Waals surface area contributed by atoms with Crippen molar-refractivity contribution >= 4 is 17.3 Å². The molecule has 0 bridgehead atoms. The lowest BCUT2D eigenvalue weighted by atomic mass is 10.1. The van der Waals surface area contributed by atoms with Gasteiger partial charge in [-0.15, -0.1) is 4.91 Å². The zero-order valence-corrected chi connectivity index (χ0v) is 10.6. The number of aromatic nitrogens is 2. The van der Waals surface area contributed by atoms with E-state index < -0.39 is 0 Å². The summed E-state index contributed by atoms with van der Waals surface area (Å²) >= 11 is 6.06. The fourth-order valence-corrected chi connectivity index (χ4v) is 1.59. The van der Waals surface area contributed by atoms with E-state index in [2.05, 4.69) is 15.1 Å². The van der Waals surface area contributed by atoms with Crippen molar-refractivity contribution in [1.82, 2.24) is 9.97 Å². The van der Waals surface area contributed by atoms with Crippen LogP contribution in [0.1, 0.15) is 11.1 Å². The zero-order valence-electron chi connectivity index (χ0n) is 9.85. The van der Waals surface area contributed by atoms with Crippen LogP contribution < -0.4 is 4.74 Å². The molecular weight excluding hydrogens is 254 g/mol. The smallest absolute Gasteiger partial charge is 0.322 e. The summed E-state index contributed by atoms with van der Waals surface area (Å²) in [5.74, 6) is 0.598. The monoisotopic (exact) mass is 263 g/mol. The van der Waals surface area contributed by atoms with Gasteiger partial charge in [0.25, 0.3) is 0 Å². The molecule has 1 aromatic heterocycles. The van der Waals surface area contributed by atoms with Crippen LogP contribution in [0, 0.1) is 18.8 Å². The number of ether oxygens (including phenoxy) is 1. The standard InChI is InChI=1S/C12H10ClN3O2/c1-7-3-10(4-8(2)11(7)13)18-12-14-5-9(16-17)6-15-12/h3-6H,1-2H3. The molecule has 0 spiro atoms. The zero-order chi connectivity index (χ0) is 13.1. The van der Waals surface area contributed by atoms with Gasteiger partial charge < -0.3 is 4.74 Å². The minimum absolute atomic E-state index is 0.156. The number of halogens is 1. The van der Waals surface area contributed by atoms with Crippen LogP contribution in [-0.2, 0) is 0 Å². The molecule has 0 N–H and O–H groups in total. The van der Waals surface area contributed by atoms with E-state index in [1.165, 1.54) is 12.4 Å². The lowest BCUT2D eigenvalue weighted by Crippen LogP contribution is -1.92. The lowest BCUT2D eigenvalue weighted by Gasteiger charge is -2.07. The van der Waals surface area contributed by atoms with Crippen molar-refractivity contribution in [1.29, 1.82) is 0 Å². The van der Waals surface area contributed by atoms with Crippen molar-refractivity contribution < 1.29 is 4.74 Å². The summed E-state index contributed by atoms with van der Waals surface area (Å²) < 4.78 is 5.47. The fraction of sp³-hybridized carbons (Fsp3) is 0.167. The minimum atomic E-state index is 0.156. The average Bonchev–Trinajstić information content (AvgIpc) is 2.37. The van der Waals surface area contributed by atoms with Gasteiger partial charge in [0.15, 0.2) is 0 Å². The second-order valence-corrected chi connectivity index (χ2v) is 4.17. The fourth-order valence-electron chi connectivity index (χ4n) is 1.48. The lowest BCUT2D eigenvalue weighted by molar-refractivity contribution is 0.441. The summed E-state index contributed by atoms with van der Waals surface area (Å²) in [5, 5.41) is 3.42. The van der Waals surface area contributed by atoms with E-state index in [9.17, 15) is 4.91 Å². The summed E-state index contributed by atoms with van der Waals surface area (Å²) in [6.45, 7) is 3.78. The molecule has 18 heavy (non-hydrogen) atoms. The minimum Gasteiger partial charge on any atom is -0.424 e. The van der Waals surface area contributed by atoms with Crippen LogP contribution in [0.3, 0.4) is 0 Å². The Morgan fingerprint density at radius 2 is 1.72 bits per heavy atom. The van der Waals surface area contributed by atoms with E-state index >= 15 is 0 Å². The van der Waals surface area contributed by atoms with Crippen molar-refractivity contribution in [2.45, 2.75) is 13.8 Å². The summed E-state index contributed by atoms with van der Waals surface area (Å²) in [6, 6.07) is 3.75. The molecule has 0 saturated carbocycles. The highest BCUT2D eigenvalue weighted by atomic mass is 35.5. The van der Waals surface area contributed by atoms with E-state index in [0.717, 1.165) is 11.1 Å². The van der Waals surface area contributed by atoms with Gasteiger partial charge in [0.1, 0.15) is 11.4 Å². The SMILES string of the molecule is Cc1cc(Oc2ncc(N=O)cn2)cc(C)c1Cl. The Morgan fingerprint density at radius 1 is 1.17 bits per heavy atom. The molecule has 5 nitrogen and oxygen atoms in total. The second-order valence-electron chi connectivity index (χ2n) is 3.79. The predicted octanol–water partition coefficient (Wildman–Crippen LogP) is 3.94. The maximum atomic E-state index is 10.2. The van der Waals surface area contributed by atoms with E-state index in [-0.39, 0.29) is 11.7 Å². The van der Waals surface area contributed by atoms with Crippen LogP contribution >= 0.6 is 11.6 Å². The first kappa shape index (κ1) is 12.4. The van der Waals surface area contributed by atoms with Gasteiger partial charge in [-0.05, 0) is 42.3 Å². The van der Waals surface area contributed by atoms with Gasteiger partial charge in [0.2, 0.25) is 0 Å². The first-order chi connectivity index (χ1) is 8.60.